The first-order valence-electron chi connectivity index (χ1n) is 6.83. The second kappa shape index (κ2) is 4.83. The Bertz CT molecular complexity index is 349. The van der Waals surface area contributed by atoms with Crippen LogP contribution in [0.3, 0.4) is 0 Å². The maximum atomic E-state index is 5.47. The van der Waals surface area contributed by atoms with Crippen LogP contribution in [0.2, 0.25) is 0 Å². The molecule has 0 saturated carbocycles. The standard InChI is InChI=1S/C14H22N2O/c1-12-9-15-7-3-2-5-13(15)10-16(12)11-14-6-4-8-17-14/h4,6,8,12-13H,2-3,5,7,9-11H2,1H3. The van der Waals surface area contributed by atoms with Crippen molar-refractivity contribution >= 4 is 0 Å². The van der Waals surface area contributed by atoms with Crippen molar-refractivity contribution in [1.82, 2.24) is 9.80 Å². The summed E-state index contributed by atoms with van der Waals surface area (Å²) in [6, 6.07) is 5.50. The van der Waals surface area contributed by atoms with E-state index in [9.17, 15) is 0 Å². The maximum Gasteiger partial charge on any atom is 0.117 e. The quantitative estimate of drug-likeness (QED) is 0.783. The minimum atomic E-state index is 0.648. The molecular weight excluding hydrogens is 212 g/mol. The van der Waals surface area contributed by atoms with Gasteiger partial charge in [0, 0.05) is 25.2 Å². The van der Waals surface area contributed by atoms with Crippen LogP contribution in [0.15, 0.2) is 22.8 Å². The maximum absolute atomic E-state index is 5.47. The van der Waals surface area contributed by atoms with Gasteiger partial charge in [-0.15, -0.1) is 0 Å². The molecule has 0 amide bonds. The molecule has 3 rings (SSSR count). The zero-order valence-electron chi connectivity index (χ0n) is 10.6. The van der Waals surface area contributed by atoms with E-state index in [1.54, 1.807) is 6.26 Å². The molecule has 0 bridgehead atoms. The Kier molecular flexibility index (Phi) is 3.21. The molecule has 2 saturated heterocycles. The third-order valence-electron chi connectivity index (χ3n) is 4.26. The number of hydrogen-bond donors (Lipinski definition) is 0. The molecule has 0 aromatic carbocycles. The number of furan rings is 1. The van der Waals surface area contributed by atoms with Gasteiger partial charge in [0.1, 0.15) is 5.76 Å². The van der Waals surface area contributed by atoms with Crippen molar-refractivity contribution in [2.75, 3.05) is 19.6 Å². The van der Waals surface area contributed by atoms with E-state index in [1.807, 2.05) is 6.07 Å². The van der Waals surface area contributed by atoms with Gasteiger partial charge < -0.3 is 4.42 Å². The molecule has 1 aromatic heterocycles. The van der Waals surface area contributed by atoms with Gasteiger partial charge in [-0.2, -0.15) is 0 Å². The molecular formula is C14H22N2O. The van der Waals surface area contributed by atoms with Gasteiger partial charge in [-0.25, -0.2) is 0 Å². The molecule has 0 aliphatic carbocycles. The Morgan fingerprint density at radius 2 is 2.29 bits per heavy atom. The van der Waals surface area contributed by atoms with Gasteiger partial charge in [-0.3, -0.25) is 9.80 Å². The first-order valence-corrected chi connectivity index (χ1v) is 6.83. The van der Waals surface area contributed by atoms with Crippen LogP contribution >= 0.6 is 0 Å². The predicted molar refractivity (Wildman–Crippen MR) is 67.8 cm³/mol. The van der Waals surface area contributed by atoms with Gasteiger partial charge in [0.25, 0.3) is 0 Å². The third kappa shape index (κ3) is 2.40. The molecule has 3 heteroatoms. The molecule has 2 aliphatic rings. The molecule has 1 aromatic rings. The molecule has 0 N–H and O–H groups in total. The van der Waals surface area contributed by atoms with Crippen molar-refractivity contribution in [2.45, 2.75) is 44.8 Å². The molecule has 3 heterocycles. The zero-order chi connectivity index (χ0) is 11.7. The SMILES string of the molecule is CC1CN2CCCCC2CN1Cc1ccco1. The molecule has 0 spiro atoms. The van der Waals surface area contributed by atoms with Gasteiger partial charge in [0.2, 0.25) is 0 Å². The van der Waals surface area contributed by atoms with Crippen molar-refractivity contribution in [3.63, 3.8) is 0 Å². The monoisotopic (exact) mass is 234 g/mol. The van der Waals surface area contributed by atoms with Crippen LogP contribution in [0.5, 0.6) is 0 Å². The molecule has 2 fully saturated rings. The van der Waals surface area contributed by atoms with Gasteiger partial charge in [0.15, 0.2) is 0 Å². The summed E-state index contributed by atoms with van der Waals surface area (Å²) in [6.45, 7) is 7.06. The lowest BCUT2D eigenvalue weighted by Gasteiger charge is -2.47. The summed E-state index contributed by atoms with van der Waals surface area (Å²) in [5.74, 6) is 1.10. The lowest BCUT2D eigenvalue weighted by Crippen LogP contribution is -2.58. The molecule has 2 aliphatic heterocycles. The molecule has 17 heavy (non-hydrogen) atoms. The lowest BCUT2D eigenvalue weighted by atomic mass is 9.97. The first kappa shape index (κ1) is 11.3. The fourth-order valence-electron chi connectivity index (χ4n) is 3.24. The fraction of sp³-hybridized carbons (Fsp3) is 0.714. The Balaban J connectivity index is 1.65. The van der Waals surface area contributed by atoms with Crippen molar-refractivity contribution in [3.8, 4) is 0 Å². The van der Waals surface area contributed by atoms with E-state index in [4.69, 9.17) is 4.42 Å². The minimum absolute atomic E-state index is 0.648. The predicted octanol–water partition coefficient (Wildman–Crippen LogP) is 2.34. The van der Waals surface area contributed by atoms with Crippen LogP contribution in [0.1, 0.15) is 31.9 Å². The van der Waals surface area contributed by atoms with Gasteiger partial charge in [0.05, 0.1) is 12.8 Å². The van der Waals surface area contributed by atoms with Crippen molar-refractivity contribution < 1.29 is 4.42 Å². The number of rotatable bonds is 2. The highest BCUT2D eigenvalue weighted by Gasteiger charge is 2.32. The zero-order valence-corrected chi connectivity index (χ0v) is 10.6. The van der Waals surface area contributed by atoms with E-state index in [0.29, 0.717) is 6.04 Å². The van der Waals surface area contributed by atoms with E-state index in [2.05, 4.69) is 22.8 Å². The highest BCUT2D eigenvalue weighted by Crippen LogP contribution is 2.25. The third-order valence-corrected chi connectivity index (χ3v) is 4.26. The van der Waals surface area contributed by atoms with Crippen LogP contribution < -0.4 is 0 Å². The van der Waals surface area contributed by atoms with Gasteiger partial charge >= 0.3 is 0 Å². The minimum Gasteiger partial charge on any atom is -0.468 e. The summed E-state index contributed by atoms with van der Waals surface area (Å²) in [5.41, 5.74) is 0. The summed E-state index contributed by atoms with van der Waals surface area (Å²) in [7, 11) is 0. The Morgan fingerprint density at radius 3 is 3.12 bits per heavy atom. The molecule has 2 unspecified atom stereocenters. The van der Waals surface area contributed by atoms with E-state index >= 15 is 0 Å². The average Bonchev–Trinajstić information content (AvgIpc) is 2.83. The van der Waals surface area contributed by atoms with Crippen molar-refractivity contribution in [3.05, 3.63) is 24.2 Å². The number of piperazine rings is 1. The van der Waals surface area contributed by atoms with E-state index in [0.717, 1.165) is 18.3 Å². The number of fused-ring (bicyclic) bond motifs is 1. The number of nitrogens with zero attached hydrogens (tertiary/aromatic N) is 2. The van der Waals surface area contributed by atoms with E-state index < -0.39 is 0 Å². The summed E-state index contributed by atoms with van der Waals surface area (Å²) in [4.78, 5) is 5.26. The second-order valence-electron chi connectivity index (χ2n) is 5.50. The summed E-state index contributed by atoms with van der Waals surface area (Å²) < 4.78 is 5.47. The summed E-state index contributed by atoms with van der Waals surface area (Å²) in [5, 5.41) is 0. The normalized spacial score (nSPS) is 31.4. The van der Waals surface area contributed by atoms with Gasteiger partial charge in [-0.05, 0) is 38.4 Å². The molecule has 0 radical (unpaired) electrons. The van der Waals surface area contributed by atoms with Crippen LogP contribution in [-0.2, 0) is 6.54 Å². The van der Waals surface area contributed by atoms with Crippen molar-refractivity contribution in [1.29, 1.82) is 0 Å². The highest BCUT2D eigenvalue weighted by atomic mass is 16.3. The number of piperidine rings is 1. The van der Waals surface area contributed by atoms with Crippen LogP contribution in [0.25, 0.3) is 0 Å². The fourth-order valence-corrected chi connectivity index (χ4v) is 3.24. The Morgan fingerprint density at radius 1 is 1.35 bits per heavy atom. The van der Waals surface area contributed by atoms with Crippen LogP contribution in [-0.4, -0.2) is 41.5 Å². The Hall–Kier alpha value is -0.800. The highest BCUT2D eigenvalue weighted by molar-refractivity contribution is 5.00. The number of hydrogen-bond acceptors (Lipinski definition) is 3. The topological polar surface area (TPSA) is 19.6 Å². The molecule has 94 valence electrons. The van der Waals surface area contributed by atoms with Crippen LogP contribution in [0, 0.1) is 0 Å². The van der Waals surface area contributed by atoms with Crippen LogP contribution in [0.4, 0.5) is 0 Å². The van der Waals surface area contributed by atoms with E-state index in [1.165, 1.54) is 38.9 Å². The van der Waals surface area contributed by atoms with E-state index in [-0.39, 0.29) is 0 Å². The molecule has 3 nitrogen and oxygen atoms in total. The van der Waals surface area contributed by atoms with Crippen molar-refractivity contribution in [2.24, 2.45) is 0 Å². The summed E-state index contributed by atoms with van der Waals surface area (Å²) >= 11 is 0. The largest absolute Gasteiger partial charge is 0.468 e. The summed E-state index contributed by atoms with van der Waals surface area (Å²) in [6.07, 6.45) is 5.95. The molecule has 2 atom stereocenters. The average molecular weight is 234 g/mol. The Labute approximate surface area is 103 Å². The smallest absolute Gasteiger partial charge is 0.117 e. The lowest BCUT2D eigenvalue weighted by molar-refractivity contribution is 0.00806. The van der Waals surface area contributed by atoms with Gasteiger partial charge in [-0.1, -0.05) is 6.42 Å². The first-order chi connectivity index (χ1) is 8.33. The second-order valence-corrected chi connectivity index (χ2v) is 5.50.